The van der Waals surface area contributed by atoms with Gasteiger partial charge in [0.25, 0.3) is 5.91 Å². The van der Waals surface area contributed by atoms with Crippen LogP contribution in [0.15, 0.2) is 66.0 Å². The van der Waals surface area contributed by atoms with Gasteiger partial charge < -0.3 is 19.7 Å². The number of nitrogens with one attached hydrogen (secondary N) is 1. The van der Waals surface area contributed by atoms with E-state index in [9.17, 15) is 14.4 Å². The zero-order valence-corrected chi connectivity index (χ0v) is 17.4. The van der Waals surface area contributed by atoms with Crippen LogP contribution in [0, 0.1) is 0 Å². The number of rotatable bonds is 6. The first-order valence-corrected chi connectivity index (χ1v) is 10.7. The Hall–Kier alpha value is -3.65. The molecule has 2 heterocycles. The molecule has 0 spiro atoms. The van der Waals surface area contributed by atoms with Gasteiger partial charge in [0.05, 0.1) is 23.5 Å². The number of amides is 2. The van der Waals surface area contributed by atoms with Gasteiger partial charge in [0.15, 0.2) is 0 Å². The smallest absolute Gasteiger partial charge is 0.311 e. The molecule has 3 aromatic rings. The summed E-state index contributed by atoms with van der Waals surface area (Å²) >= 11 is 1.36. The summed E-state index contributed by atoms with van der Waals surface area (Å²) in [6.45, 7) is 0.867. The molecule has 8 heteroatoms. The van der Waals surface area contributed by atoms with Gasteiger partial charge in [-0.15, -0.1) is 11.3 Å². The normalized spacial score (nSPS) is 12.5. The van der Waals surface area contributed by atoms with Crippen molar-refractivity contribution in [3.8, 4) is 11.5 Å². The molecule has 31 heavy (non-hydrogen) atoms. The molecule has 0 atom stereocenters. The van der Waals surface area contributed by atoms with Gasteiger partial charge >= 0.3 is 5.97 Å². The fraction of sp³-hybridized carbons (Fsp3) is 0.174. The number of thiophene rings is 1. The van der Waals surface area contributed by atoms with E-state index in [0.29, 0.717) is 40.9 Å². The molecule has 2 amide bonds. The van der Waals surface area contributed by atoms with Crippen molar-refractivity contribution in [1.82, 2.24) is 0 Å². The first-order valence-electron chi connectivity index (χ1n) is 9.78. The summed E-state index contributed by atoms with van der Waals surface area (Å²) in [6, 6.07) is 17.4. The van der Waals surface area contributed by atoms with Gasteiger partial charge in [-0.2, -0.15) is 0 Å². The maximum absolute atomic E-state index is 12.6. The minimum Gasteiger partial charge on any atom is -0.490 e. The number of fused-ring (bicyclic) bond motifs is 1. The van der Waals surface area contributed by atoms with E-state index in [0.717, 1.165) is 0 Å². The van der Waals surface area contributed by atoms with E-state index in [2.05, 4.69) is 5.32 Å². The Labute approximate surface area is 183 Å². The number of nitrogens with zero attached hydrogens (tertiary/aromatic N) is 1. The van der Waals surface area contributed by atoms with Crippen molar-refractivity contribution in [2.45, 2.75) is 12.8 Å². The molecule has 0 unspecified atom stereocenters. The summed E-state index contributed by atoms with van der Waals surface area (Å²) in [5.74, 6) is 0.173. The standard InChI is InChI=1S/C23H20N2O5S/c26-21(25-13-14-29-19-5-2-1-4-18(19)25)11-12-22(27)30-17-9-7-16(8-10-17)24-23(28)20-6-3-15-31-20/h1-10,15H,11-14H2,(H,24,28). The number of hydrogen-bond acceptors (Lipinski definition) is 6. The lowest BCUT2D eigenvalue weighted by atomic mass is 10.2. The fourth-order valence-corrected chi connectivity index (χ4v) is 3.78. The molecule has 0 radical (unpaired) electrons. The highest BCUT2D eigenvalue weighted by Crippen LogP contribution is 2.31. The third kappa shape index (κ3) is 5.10. The Bertz CT molecular complexity index is 1080. The van der Waals surface area contributed by atoms with E-state index in [1.165, 1.54) is 11.3 Å². The van der Waals surface area contributed by atoms with E-state index in [4.69, 9.17) is 9.47 Å². The van der Waals surface area contributed by atoms with Gasteiger partial charge in [-0.25, -0.2) is 0 Å². The number of hydrogen-bond donors (Lipinski definition) is 1. The highest BCUT2D eigenvalue weighted by atomic mass is 32.1. The van der Waals surface area contributed by atoms with Crippen LogP contribution in [0.4, 0.5) is 11.4 Å². The maximum atomic E-state index is 12.6. The van der Waals surface area contributed by atoms with Crippen molar-refractivity contribution in [1.29, 1.82) is 0 Å². The Balaban J connectivity index is 1.27. The average molecular weight is 436 g/mol. The number of carbonyl (C=O) groups is 3. The van der Waals surface area contributed by atoms with E-state index >= 15 is 0 Å². The quantitative estimate of drug-likeness (QED) is 0.464. The fourth-order valence-electron chi connectivity index (χ4n) is 3.16. The van der Waals surface area contributed by atoms with E-state index in [1.807, 2.05) is 35.7 Å². The van der Waals surface area contributed by atoms with Crippen molar-refractivity contribution in [2.24, 2.45) is 0 Å². The molecule has 1 aromatic heterocycles. The maximum Gasteiger partial charge on any atom is 0.311 e. The molecule has 0 fully saturated rings. The Morgan fingerprint density at radius 1 is 1.00 bits per heavy atom. The molecule has 2 aromatic carbocycles. The van der Waals surface area contributed by atoms with E-state index < -0.39 is 5.97 Å². The average Bonchev–Trinajstić information content (AvgIpc) is 3.34. The van der Waals surface area contributed by atoms with Crippen LogP contribution in [0.3, 0.4) is 0 Å². The van der Waals surface area contributed by atoms with Crippen molar-refractivity contribution in [3.63, 3.8) is 0 Å². The summed E-state index contributed by atoms with van der Waals surface area (Å²) < 4.78 is 10.9. The molecule has 1 N–H and O–H groups in total. The first kappa shape index (κ1) is 20.6. The summed E-state index contributed by atoms with van der Waals surface area (Å²) in [7, 11) is 0. The SMILES string of the molecule is O=C(CCC(=O)N1CCOc2ccccc21)Oc1ccc(NC(=O)c2cccs2)cc1. The number of anilines is 2. The predicted molar refractivity (Wildman–Crippen MR) is 118 cm³/mol. The molecule has 0 saturated heterocycles. The van der Waals surface area contributed by atoms with Gasteiger partial charge in [0, 0.05) is 12.1 Å². The highest BCUT2D eigenvalue weighted by molar-refractivity contribution is 7.12. The van der Waals surface area contributed by atoms with Gasteiger partial charge in [0.1, 0.15) is 18.1 Å². The second kappa shape index (κ2) is 9.44. The van der Waals surface area contributed by atoms with Crippen LogP contribution >= 0.6 is 11.3 Å². The second-order valence-electron chi connectivity index (χ2n) is 6.79. The summed E-state index contributed by atoms with van der Waals surface area (Å²) in [5, 5.41) is 4.61. The summed E-state index contributed by atoms with van der Waals surface area (Å²) in [5.41, 5.74) is 1.31. The lowest BCUT2D eigenvalue weighted by molar-refractivity contribution is -0.136. The summed E-state index contributed by atoms with van der Waals surface area (Å²) in [4.78, 5) is 39.1. The van der Waals surface area contributed by atoms with E-state index in [1.54, 1.807) is 35.2 Å². The minimum absolute atomic E-state index is 0.0325. The van der Waals surface area contributed by atoms with Gasteiger partial charge in [-0.05, 0) is 47.8 Å². The minimum atomic E-state index is -0.495. The molecule has 0 saturated carbocycles. The number of ether oxygens (including phenoxy) is 2. The largest absolute Gasteiger partial charge is 0.490 e. The zero-order valence-electron chi connectivity index (χ0n) is 16.6. The van der Waals surface area contributed by atoms with Crippen molar-refractivity contribution in [2.75, 3.05) is 23.4 Å². The molecular weight excluding hydrogens is 416 g/mol. The molecule has 0 bridgehead atoms. The van der Waals surface area contributed by atoms with Crippen molar-refractivity contribution in [3.05, 3.63) is 70.9 Å². The van der Waals surface area contributed by atoms with Crippen LogP contribution < -0.4 is 19.7 Å². The zero-order chi connectivity index (χ0) is 21.6. The second-order valence-corrected chi connectivity index (χ2v) is 7.74. The highest BCUT2D eigenvalue weighted by Gasteiger charge is 2.23. The van der Waals surface area contributed by atoms with Crippen LogP contribution in [0.2, 0.25) is 0 Å². The van der Waals surface area contributed by atoms with Crippen LogP contribution in [0.25, 0.3) is 0 Å². The number of benzene rings is 2. The monoisotopic (exact) mass is 436 g/mol. The molecule has 7 nitrogen and oxygen atoms in total. The number of carbonyl (C=O) groups excluding carboxylic acids is 3. The molecular formula is C23H20N2O5S. The van der Waals surface area contributed by atoms with Gasteiger partial charge in [-0.3, -0.25) is 14.4 Å². The first-order chi connectivity index (χ1) is 15.1. The van der Waals surface area contributed by atoms with Crippen LogP contribution in [0.1, 0.15) is 22.5 Å². The molecule has 1 aliphatic heterocycles. The Kier molecular flexibility index (Phi) is 6.28. The van der Waals surface area contributed by atoms with Crippen molar-refractivity contribution >= 4 is 40.5 Å². The molecule has 1 aliphatic rings. The van der Waals surface area contributed by atoms with Crippen LogP contribution in [-0.4, -0.2) is 30.9 Å². The third-order valence-electron chi connectivity index (χ3n) is 4.66. The van der Waals surface area contributed by atoms with Gasteiger partial charge in [-0.1, -0.05) is 18.2 Å². The van der Waals surface area contributed by atoms with Crippen LogP contribution in [0.5, 0.6) is 11.5 Å². The lowest BCUT2D eigenvalue weighted by Crippen LogP contribution is -2.38. The molecule has 158 valence electrons. The predicted octanol–water partition coefficient (Wildman–Crippen LogP) is 4.11. The third-order valence-corrected chi connectivity index (χ3v) is 5.53. The Morgan fingerprint density at radius 3 is 2.58 bits per heavy atom. The number of esters is 1. The molecule has 4 rings (SSSR count). The molecule has 0 aliphatic carbocycles. The lowest BCUT2D eigenvalue weighted by Gasteiger charge is -2.29. The van der Waals surface area contributed by atoms with E-state index in [-0.39, 0.29) is 24.7 Å². The Morgan fingerprint density at radius 2 is 1.81 bits per heavy atom. The van der Waals surface area contributed by atoms with Crippen LogP contribution in [-0.2, 0) is 9.59 Å². The summed E-state index contributed by atoms with van der Waals surface area (Å²) in [6.07, 6.45) is 0.0113. The number of para-hydroxylation sites is 2. The van der Waals surface area contributed by atoms with Gasteiger partial charge in [0.2, 0.25) is 5.91 Å². The van der Waals surface area contributed by atoms with Crippen molar-refractivity contribution < 1.29 is 23.9 Å². The topological polar surface area (TPSA) is 84.9 Å².